The molecule has 0 aliphatic heterocycles. The number of hydrogen-bond donors (Lipinski definition) is 2. The molecule has 5 heteroatoms. The van der Waals surface area contributed by atoms with Gasteiger partial charge < -0.3 is 14.9 Å². The van der Waals surface area contributed by atoms with Crippen LogP contribution >= 0.6 is 0 Å². The van der Waals surface area contributed by atoms with E-state index < -0.39 is 11.1 Å². The Bertz CT molecular complexity index is 696. The van der Waals surface area contributed by atoms with Gasteiger partial charge in [0.15, 0.2) is 0 Å². The molecule has 0 amide bonds. The van der Waals surface area contributed by atoms with E-state index in [2.05, 4.69) is 28.7 Å². The number of aromatic nitrogens is 2. The van der Waals surface area contributed by atoms with E-state index in [0.717, 1.165) is 38.9 Å². The highest BCUT2D eigenvalue weighted by Gasteiger charge is 2.05. The van der Waals surface area contributed by atoms with Crippen LogP contribution in [0.5, 0.6) is 0 Å². The van der Waals surface area contributed by atoms with Gasteiger partial charge in [0.25, 0.3) is 0 Å². The molecule has 1 aromatic carbocycles. The second kappa shape index (κ2) is 7.22. The summed E-state index contributed by atoms with van der Waals surface area (Å²) in [5.74, 6) is 0. The largest absolute Gasteiger partial charge is 0.316 e. The number of hydrogen-bond acceptors (Lipinski definition) is 3. The van der Waals surface area contributed by atoms with Crippen LogP contribution < -0.4 is 11.1 Å². The minimum absolute atomic E-state index is 0.599. The molecule has 0 spiro atoms. The van der Waals surface area contributed by atoms with Crippen molar-refractivity contribution in [1.29, 1.82) is 0 Å². The van der Waals surface area contributed by atoms with Crippen LogP contribution in [0, 0.1) is 0 Å². The number of rotatable bonds is 7. The van der Waals surface area contributed by atoms with E-state index in [1.165, 1.54) is 5.56 Å². The fourth-order valence-electron chi connectivity index (χ4n) is 2.57. The zero-order valence-corrected chi connectivity index (χ0v) is 12.7. The van der Waals surface area contributed by atoms with Crippen molar-refractivity contribution in [3.8, 4) is 0 Å². The average molecular weight is 289 g/mol. The Kier molecular flexibility index (Phi) is 5.33. The molecule has 0 aliphatic rings. The lowest BCUT2D eigenvalue weighted by Gasteiger charge is -2.20. The van der Waals surface area contributed by atoms with E-state index >= 15 is 0 Å². The smallest absolute Gasteiger partial charge is 0.314 e. The van der Waals surface area contributed by atoms with Crippen molar-refractivity contribution in [2.45, 2.75) is 33.1 Å². The second-order valence-corrected chi connectivity index (χ2v) is 5.38. The maximum absolute atomic E-state index is 11.4. The van der Waals surface area contributed by atoms with Gasteiger partial charge in [-0.1, -0.05) is 19.9 Å². The van der Waals surface area contributed by atoms with Gasteiger partial charge in [-0.25, -0.2) is 0 Å². The summed E-state index contributed by atoms with van der Waals surface area (Å²) >= 11 is 0. The van der Waals surface area contributed by atoms with E-state index in [9.17, 15) is 9.59 Å². The first-order valence-electron chi connectivity index (χ1n) is 7.61. The third-order valence-corrected chi connectivity index (χ3v) is 3.58. The quantitative estimate of drug-likeness (QED) is 0.765. The summed E-state index contributed by atoms with van der Waals surface area (Å²) < 4.78 is 0. The summed E-state index contributed by atoms with van der Waals surface area (Å²) in [4.78, 5) is 30.3. The Morgan fingerprint density at radius 3 is 2.14 bits per heavy atom. The number of nitrogens with one attached hydrogen (secondary N) is 2. The molecule has 5 nitrogen and oxygen atoms in total. The van der Waals surface area contributed by atoms with Gasteiger partial charge in [0.1, 0.15) is 0 Å². The van der Waals surface area contributed by atoms with Gasteiger partial charge in [-0.05, 0) is 50.0 Å². The predicted octanol–water partition coefficient (Wildman–Crippen LogP) is 1.88. The maximum Gasteiger partial charge on any atom is 0.314 e. The summed E-state index contributed by atoms with van der Waals surface area (Å²) in [7, 11) is 0. The van der Waals surface area contributed by atoms with Crippen molar-refractivity contribution < 1.29 is 0 Å². The molecule has 0 unspecified atom stereocenters. The fourth-order valence-corrected chi connectivity index (χ4v) is 2.57. The van der Waals surface area contributed by atoms with Crippen LogP contribution in [0.25, 0.3) is 11.0 Å². The highest BCUT2D eigenvalue weighted by molar-refractivity contribution is 5.74. The van der Waals surface area contributed by atoms with Gasteiger partial charge in [0.2, 0.25) is 0 Å². The van der Waals surface area contributed by atoms with E-state index in [1.807, 2.05) is 18.2 Å². The van der Waals surface area contributed by atoms with Gasteiger partial charge in [-0.2, -0.15) is 0 Å². The van der Waals surface area contributed by atoms with Crippen molar-refractivity contribution in [3.05, 3.63) is 44.5 Å². The molecule has 0 fully saturated rings. The molecule has 0 atom stereocenters. The molecule has 0 saturated heterocycles. The van der Waals surface area contributed by atoms with Gasteiger partial charge >= 0.3 is 11.1 Å². The lowest BCUT2D eigenvalue weighted by atomic mass is 10.1. The van der Waals surface area contributed by atoms with Crippen LogP contribution in [0.1, 0.15) is 32.3 Å². The second-order valence-electron chi connectivity index (χ2n) is 5.38. The van der Waals surface area contributed by atoms with Crippen LogP contribution in [0.2, 0.25) is 0 Å². The number of aromatic amines is 2. The minimum atomic E-state index is -0.604. The third kappa shape index (κ3) is 4.04. The number of nitrogens with zero attached hydrogens (tertiary/aromatic N) is 1. The van der Waals surface area contributed by atoms with E-state index in [0.29, 0.717) is 11.0 Å². The normalized spacial score (nSPS) is 11.4. The van der Waals surface area contributed by atoms with Crippen LogP contribution in [0.15, 0.2) is 27.8 Å². The van der Waals surface area contributed by atoms with Crippen molar-refractivity contribution in [3.63, 3.8) is 0 Å². The zero-order chi connectivity index (χ0) is 15.2. The Morgan fingerprint density at radius 2 is 1.52 bits per heavy atom. The lowest BCUT2D eigenvalue weighted by Crippen LogP contribution is -2.29. The van der Waals surface area contributed by atoms with Gasteiger partial charge in [-0.15, -0.1) is 0 Å². The highest BCUT2D eigenvalue weighted by Crippen LogP contribution is 2.10. The fraction of sp³-hybridized carbons (Fsp3) is 0.500. The lowest BCUT2D eigenvalue weighted by molar-refractivity contribution is 0.278. The zero-order valence-electron chi connectivity index (χ0n) is 12.7. The molecule has 0 saturated carbocycles. The molecular weight excluding hydrogens is 266 g/mol. The summed E-state index contributed by atoms with van der Waals surface area (Å²) in [5, 5.41) is 0. The summed E-state index contributed by atoms with van der Waals surface area (Å²) in [6, 6.07) is 5.81. The third-order valence-electron chi connectivity index (χ3n) is 3.58. The Balaban J connectivity index is 2.13. The van der Waals surface area contributed by atoms with Crippen molar-refractivity contribution >= 4 is 11.0 Å². The molecule has 2 aromatic rings. The first-order chi connectivity index (χ1) is 10.1. The maximum atomic E-state index is 11.4. The highest BCUT2D eigenvalue weighted by atomic mass is 16.2. The van der Waals surface area contributed by atoms with E-state index in [1.54, 1.807) is 0 Å². The molecule has 1 heterocycles. The monoisotopic (exact) mass is 289 g/mol. The summed E-state index contributed by atoms with van der Waals surface area (Å²) in [6.07, 6.45) is 3.26. The average Bonchev–Trinajstić information content (AvgIpc) is 2.46. The van der Waals surface area contributed by atoms with Crippen molar-refractivity contribution in [2.24, 2.45) is 0 Å². The topological polar surface area (TPSA) is 69.0 Å². The Hall–Kier alpha value is -1.88. The molecule has 0 bridgehead atoms. The molecule has 114 valence electrons. The number of benzene rings is 1. The molecule has 0 radical (unpaired) electrons. The minimum Gasteiger partial charge on any atom is -0.316 e. The standard InChI is InChI=1S/C16H23N3O2/c1-3-8-19(9-4-2)10-7-12-5-6-13-14(11-12)18-16(21)15(20)17-13/h5-6,11H,3-4,7-10H2,1-2H3,(H,17,20)(H,18,21). The first-order valence-corrected chi connectivity index (χ1v) is 7.61. The molecule has 2 rings (SSSR count). The van der Waals surface area contributed by atoms with Crippen LogP contribution in [0.3, 0.4) is 0 Å². The SMILES string of the molecule is CCCN(CCC)CCc1ccc2[nH]c(=O)c(=O)[nH]c2c1. The molecule has 21 heavy (non-hydrogen) atoms. The molecule has 1 aromatic heterocycles. The van der Waals surface area contributed by atoms with E-state index in [4.69, 9.17) is 0 Å². The Morgan fingerprint density at radius 1 is 0.905 bits per heavy atom. The molecular formula is C16H23N3O2. The van der Waals surface area contributed by atoms with Crippen molar-refractivity contribution in [2.75, 3.05) is 19.6 Å². The number of fused-ring (bicyclic) bond motifs is 1. The van der Waals surface area contributed by atoms with Gasteiger partial charge in [-0.3, -0.25) is 9.59 Å². The Labute approximate surface area is 124 Å². The first kappa shape index (κ1) is 15.5. The predicted molar refractivity (Wildman–Crippen MR) is 85.9 cm³/mol. The summed E-state index contributed by atoms with van der Waals surface area (Å²) in [5.41, 5.74) is 1.32. The van der Waals surface area contributed by atoms with Gasteiger partial charge in [0.05, 0.1) is 11.0 Å². The van der Waals surface area contributed by atoms with Crippen LogP contribution in [-0.4, -0.2) is 34.5 Å². The summed E-state index contributed by atoms with van der Waals surface area (Å²) in [6.45, 7) is 7.64. The number of H-pyrrole nitrogens is 2. The van der Waals surface area contributed by atoms with Crippen LogP contribution in [-0.2, 0) is 6.42 Å². The van der Waals surface area contributed by atoms with E-state index in [-0.39, 0.29) is 0 Å². The van der Waals surface area contributed by atoms with Gasteiger partial charge in [0, 0.05) is 6.54 Å². The van der Waals surface area contributed by atoms with Crippen molar-refractivity contribution in [1.82, 2.24) is 14.9 Å². The van der Waals surface area contributed by atoms with Crippen LogP contribution in [0.4, 0.5) is 0 Å². The molecule has 0 aliphatic carbocycles. The molecule has 2 N–H and O–H groups in total.